The van der Waals surface area contributed by atoms with Crippen molar-refractivity contribution < 1.29 is 4.52 Å². The van der Waals surface area contributed by atoms with E-state index in [1.807, 2.05) is 0 Å². The van der Waals surface area contributed by atoms with Gasteiger partial charge in [-0.05, 0) is 26.3 Å². The van der Waals surface area contributed by atoms with Crippen LogP contribution in [0.2, 0.25) is 0 Å². The van der Waals surface area contributed by atoms with Crippen LogP contribution in [0.5, 0.6) is 0 Å². The molecule has 0 aliphatic carbocycles. The molecule has 2 atom stereocenters. The second-order valence-electron chi connectivity index (χ2n) is 3.69. The zero-order chi connectivity index (χ0) is 9.26. The number of hydrogen-bond acceptors (Lipinski definition) is 3. The van der Waals surface area contributed by atoms with Crippen molar-refractivity contribution in [3.63, 3.8) is 0 Å². The van der Waals surface area contributed by atoms with Crippen LogP contribution < -0.4 is 10.9 Å². The molecule has 0 bridgehead atoms. The van der Waals surface area contributed by atoms with Gasteiger partial charge in [-0.3, -0.25) is 4.79 Å². The summed E-state index contributed by atoms with van der Waals surface area (Å²) in [5, 5.41) is 5.69. The number of hydrogen-bond donors (Lipinski definition) is 2. The van der Waals surface area contributed by atoms with Crippen molar-refractivity contribution in [2.75, 3.05) is 6.54 Å². The van der Waals surface area contributed by atoms with Crippen molar-refractivity contribution in [3.8, 4) is 0 Å². The maximum absolute atomic E-state index is 10.8. The van der Waals surface area contributed by atoms with Crippen LogP contribution in [-0.4, -0.2) is 17.7 Å². The van der Waals surface area contributed by atoms with Gasteiger partial charge in [-0.25, -0.2) is 0 Å². The van der Waals surface area contributed by atoms with Crippen molar-refractivity contribution in [1.29, 1.82) is 0 Å². The van der Waals surface area contributed by atoms with Gasteiger partial charge in [0, 0.05) is 18.0 Å². The van der Waals surface area contributed by atoms with E-state index < -0.39 is 0 Å². The molecule has 1 aromatic rings. The van der Waals surface area contributed by atoms with E-state index in [-0.39, 0.29) is 5.56 Å². The number of aromatic amines is 1. The standard InChI is InChI=1S/C9H14N2O2/c1-6-4-7(2-3-10-6)8-5-9(12)11-13-8/h5-7,10H,2-4H2,1H3,(H,11,12). The third-order valence-corrected chi connectivity index (χ3v) is 2.57. The number of rotatable bonds is 1. The molecule has 0 spiro atoms. The van der Waals surface area contributed by atoms with Crippen LogP contribution in [0.3, 0.4) is 0 Å². The summed E-state index contributed by atoms with van der Waals surface area (Å²) in [6.45, 7) is 3.15. The van der Waals surface area contributed by atoms with Gasteiger partial charge in [-0.1, -0.05) is 0 Å². The molecule has 4 nitrogen and oxygen atoms in total. The molecule has 2 heterocycles. The number of aromatic nitrogens is 1. The normalized spacial score (nSPS) is 29.0. The predicted octanol–water partition coefficient (Wildman–Crippen LogP) is 0.823. The molecule has 2 N–H and O–H groups in total. The summed E-state index contributed by atoms with van der Waals surface area (Å²) in [5.74, 6) is 1.20. The summed E-state index contributed by atoms with van der Waals surface area (Å²) in [4.78, 5) is 10.8. The van der Waals surface area contributed by atoms with Gasteiger partial charge in [0.1, 0.15) is 5.76 Å². The Morgan fingerprint density at radius 1 is 1.62 bits per heavy atom. The lowest BCUT2D eigenvalue weighted by molar-refractivity contribution is 0.301. The molecule has 1 aromatic heterocycles. The minimum absolute atomic E-state index is 0.138. The summed E-state index contributed by atoms with van der Waals surface area (Å²) in [7, 11) is 0. The first kappa shape index (κ1) is 8.56. The summed E-state index contributed by atoms with van der Waals surface area (Å²) in [6, 6.07) is 2.07. The van der Waals surface area contributed by atoms with E-state index in [2.05, 4.69) is 17.4 Å². The third kappa shape index (κ3) is 1.83. The fraction of sp³-hybridized carbons (Fsp3) is 0.667. The maximum atomic E-state index is 10.8. The molecule has 1 fully saturated rings. The Morgan fingerprint density at radius 2 is 2.46 bits per heavy atom. The molecular formula is C9H14N2O2. The highest BCUT2D eigenvalue weighted by Crippen LogP contribution is 2.26. The Morgan fingerprint density at radius 3 is 3.08 bits per heavy atom. The lowest BCUT2D eigenvalue weighted by Crippen LogP contribution is -2.34. The monoisotopic (exact) mass is 182 g/mol. The average molecular weight is 182 g/mol. The van der Waals surface area contributed by atoms with Crippen LogP contribution in [0.25, 0.3) is 0 Å². The van der Waals surface area contributed by atoms with E-state index in [0.717, 1.165) is 25.1 Å². The Labute approximate surface area is 76.3 Å². The van der Waals surface area contributed by atoms with Crippen molar-refractivity contribution in [2.45, 2.75) is 31.7 Å². The van der Waals surface area contributed by atoms with E-state index in [1.165, 1.54) is 0 Å². The second kappa shape index (κ2) is 3.38. The van der Waals surface area contributed by atoms with Gasteiger partial charge < -0.3 is 9.84 Å². The van der Waals surface area contributed by atoms with Crippen LogP contribution in [0.4, 0.5) is 0 Å². The Bertz CT molecular complexity index is 328. The Balaban J connectivity index is 2.12. The van der Waals surface area contributed by atoms with Crippen LogP contribution in [0, 0.1) is 0 Å². The Hall–Kier alpha value is -1.03. The summed E-state index contributed by atoms with van der Waals surface area (Å²) < 4.78 is 5.09. The summed E-state index contributed by atoms with van der Waals surface area (Å²) in [6.07, 6.45) is 2.09. The van der Waals surface area contributed by atoms with Gasteiger partial charge in [0.15, 0.2) is 0 Å². The fourth-order valence-electron chi connectivity index (χ4n) is 1.89. The quantitative estimate of drug-likeness (QED) is 0.676. The van der Waals surface area contributed by atoms with E-state index in [4.69, 9.17) is 4.52 Å². The lowest BCUT2D eigenvalue weighted by Gasteiger charge is -2.25. The first-order chi connectivity index (χ1) is 6.25. The zero-order valence-electron chi connectivity index (χ0n) is 7.67. The van der Waals surface area contributed by atoms with Gasteiger partial charge in [0.2, 0.25) is 0 Å². The molecule has 4 heteroatoms. The number of piperidine rings is 1. The van der Waals surface area contributed by atoms with E-state index in [0.29, 0.717) is 12.0 Å². The highest BCUT2D eigenvalue weighted by Gasteiger charge is 2.22. The van der Waals surface area contributed by atoms with Gasteiger partial charge in [0.05, 0.1) is 0 Å². The predicted molar refractivity (Wildman–Crippen MR) is 48.8 cm³/mol. The van der Waals surface area contributed by atoms with Crippen LogP contribution >= 0.6 is 0 Å². The molecule has 0 radical (unpaired) electrons. The van der Waals surface area contributed by atoms with Gasteiger partial charge >= 0.3 is 0 Å². The van der Waals surface area contributed by atoms with Crippen LogP contribution in [-0.2, 0) is 0 Å². The largest absolute Gasteiger partial charge is 0.383 e. The van der Waals surface area contributed by atoms with Crippen LogP contribution in [0.1, 0.15) is 31.4 Å². The lowest BCUT2D eigenvalue weighted by atomic mass is 9.91. The van der Waals surface area contributed by atoms with E-state index >= 15 is 0 Å². The topological polar surface area (TPSA) is 58.0 Å². The zero-order valence-corrected chi connectivity index (χ0v) is 7.67. The van der Waals surface area contributed by atoms with Crippen molar-refractivity contribution in [2.24, 2.45) is 0 Å². The Kier molecular flexibility index (Phi) is 2.22. The molecule has 1 saturated heterocycles. The summed E-state index contributed by atoms with van der Waals surface area (Å²) in [5.41, 5.74) is -0.138. The second-order valence-corrected chi connectivity index (χ2v) is 3.69. The SMILES string of the molecule is CC1CC(c2cc(=O)[nH]o2)CCN1. The van der Waals surface area contributed by atoms with Crippen LogP contribution in [0.15, 0.2) is 15.4 Å². The molecule has 2 unspecified atom stereocenters. The molecule has 1 aliphatic rings. The molecule has 72 valence electrons. The average Bonchev–Trinajstić information content (AvgIpc) is 2.52. The molecule has 0 amide bonds. The van der Waals surface area contributed by atoms with Crippen molar-refractivity contribution in [3.05, 3.63) is 22.2 Å². The van der Waals surface area contributed by atoms with E-state index in [9.17, 15) is 4.79 Å². The van der Waals surface area contributed by atoms with Crippen molar-refractivity contribution in [1.82, 2.24) is 10.5 Å². The minimum atomic E-state index is -0.138. The molecule has 0 saturated carbocycles. The van der Waals surface area contributed by atoms with Gasteiger partial charge in [0.25, 0.3) is 5.56 Å². The van der Waals surface area contributed by atoms with E-state index in [1.54, 1.807) is 6.07 Å². The smallest absolute Gasteiger partial charge is 0.280 e. The van der Waals surface area contributed by atoms with Gasteiger partial charge in [-0.2, -0.15) is 5.16 Å². The van der Waals surface area contributed by atoms with Gasteiger partial charge in [-0.15, -0.1) is 0 Å². The fourth-order valence-corrected chi connectivity index (χ4v) is 1.89. The highest BCUT2D eigenvalue weighted by molar-refractivity contribution is 5.04. The molecular weight excluding hydrogens is 168 g/mol. The minimum Gasteiger partial charge on any atom is -0.383 e. The first-order valence-electron chi connectivity index (χ1n) is 4.67. The highest BCUT2D eigenvalue weighted by atomic mass is 16.5. The first-order valence-corrected chi connectivity index (χ1v) is 4.67. The molecule has 13 heavy (non-hydrogen) atoms. The number of nitrogens with one attached hydrogen (secondary N) is 2. The molecule has 1 aliphatic heterocycles. The summed E-state index contributed by atoms with van der Waals surface area (Å²) >= 11 is 0. The molecule has 0 aromatic carbocycles. The maximum Gasteiger partial charge on any atom is 0.280 e. The molecule has 2 rings (SSSR count). The van der Waals surface area contributed by atoms with Crippen molar-refractivity contribution >= 4 is 0 Å². The third-order valence-electron chi connectivity index (χ3n) is 2.57. The number of H-pyrrole nitrogens is 1.